The van der Waals surface area contributed by atoms with Gasteiger partial charge in [-0.25, -0.2) is 0 Å². The fraction of sp³-hybridized carbons (Fsp3) is 0.138. The normalized spacial score (nSPS) is 11.4. The van der Waals surface area contributed by atoms with Crippen molar-refractivity contribution < 1.29 is 38.6 Å². The molecule has 8 heteroatoms. The monoisotopic (exact) mass is 872 g/mol. The zero-order valence-electron chi connectivity index (χ0n) is 36.3. The summed E-state index contributed by atoms with van der Waals surface area (Å²) in [5.41, 5.74) is 3.73. The van der Waals surface area contributed by atoms with E-state index in [0.29, 0.717) is 37.9 Å². The van der Waals surface area contributed by atoms with Gasteiger partial charge in [0.05, 0.1) is 13.2 Å². The molecule has 0 aliphatic rings. The van der Waals surface area contributed by atoms with E-state index in [0.717, 1.165) is 99.1 Å². The standard InChI is InChI=1S/C58H48O8/c59-29-31-63-51-25-19-39-9-1-5-13-47(39)55(51)57-49-15-7-3-11-41(49)21-27-53(57)65-35-33-61-45-23-17-44-38-46(24-18-43(44)37-45)62-34-36-66-54-28-22-42-12-4-8-16-50(42)58(54)56-48-14-6-2-10-40(48)20-26-52(56)64-32-30-60/h1-28,37-38,59-60H,29-36H2. The zero-order valence-corrected chi connectivity index (χ0v) is 36.3. The highest BCUT2D eigenvalue weighted by Gasteiger charge is 2.21. The quantitative estimate of drug-likeness (QED) is 0.0823. The highest BCUT2D eigenvalue weighted by molar-refractivity contribution is 6.11. The summed E-state index contributed by atoms with van der Waals surface area (Å²) in [7, 11) is 0. The number of ether oxygens (including phenoxy) is 6. The van der Waals surface area contributed by atoms with E-state index < -0.39 is 0 Å². The molecule has 0 aromatic heterocycles. The van der Waals surface area contributed by atoms with Gasteiger partial charge in [-0.15, -0.1) is 0 Å². The minimum atomic E-state index is -0.0874. The minimum absolute atomic E-state index is 0.0874. The van der Waals surface area contributed by atoms with Crippen molar-refractivity contribution in [1.82, 2.24) is 0 Å². The maximum Gasteiger partial charge on any atom is 0.128 e. The summed E-state index contributed by atoms with van der Waals surface area (Å²) in [4.78, 5) is 0. The van der Waals surface area contributed by atoms with Gasteiger partial charge < -0.3 is 38.6 Å². The molecule has 0 spiro atoms. The first-order chi connectivity index (χ1) is 32.7. The molecule has 66 heavy (non-hydrogen) atoms. The molecule has 0 amide bonds. The van der Waals surface area contributed by atoms with Gasteiger partial charge >= 0.3 is 0 Å². The number of benzene rings is 10. The van der Waals surface area contributed by atoms with Crippen LogP contribution in [0.3, 0.4) is 0 Å². The average Bonchev–Trinajstić information content (AvgIpc) is 3.37. The van der Waals surface area contributed by atoms with E-state index in [-0.39, 0.29) is 26.4 Å². The Kier molecular flexibility index (Phi) is 12.5. The number of aliphatic hydroxyl groups excluding tert-OH is 2. The maximum absolute atomic E-state index is 9.63. The van der Waals surface area contributed by atoms with Crippen LogP contribution in [0.2, 0.25) is 0 Å². The van der Waals surface area contributed by atoms with E-state index in [1.54, 1.807) is 0 Å². The molecule has 0 heterocycles. The molecule has 0 atom stereocenters. The molecule has 0 bridgehead atoms. The van der Waals surface area contributed by atoms with E-state index in [1.807, 2.05) is 121 Å². The van der Waals surface area contributed by atoms with Gasteiger partial charge in [0, 0.05) is 22.3 Å². The summed E-state index contributed by atoms with van der Waals surface area (Å²) < 4.78 is 37.8. The van der Waals surface area contributed by atoms with E-state index in [2.05, 4.69) is 60.7 Å². The van der Waals surface area contributed by atoms with Crippen LogP contribution in [0.4, 0.5) is 0 Å². The number of aliphatic hydroxyl groups is 2. The molecule has 10 aromatic rings. The summed E-state index contributed by atoms with van der Waals surface area (Å²) in [6.45, 7) is 1.49. The van der Waals surface area contributed by atoms with Crippen LogP contribution in [0.1, 0.15) is 0 Å². The maximum atomic E-state index is 9.63. The van der Waals surface area contributed by atoms with Crippen molar-refractivity contribution in [2.45, 2.75) is 0 Å². The van der Waals surface area contributed by atoms with E-state index >= 15 is 0 Å². The fourth-order valence-electron chi connectivity index (χ4n) is 8.83. The third-order valence-corrected chi connectivity index (χ3v) is 11.8. The lowest BCUT2D eigenvalue weighted by Gasteiger charge is -2.20. The number of fused-ring (bicyclic) bond motifs is 5. The first-order valence-electron chi connectivity index (χ1n) is 22.3. The number of hydrogen-bond acceptors (Lipinski definition) is 8. The minimum Gasteiger partial charge on any atom is -0.491 e. The predicted molar refractivity (Wildman–Crippen MR) is 265 cm³/mol. The van der Waals surface area contributed by atoms with Gasteiger partial charge in [-0.1, -0.05) is 133 Å². The summed E-state index contributed by atoms with van der Waals surface area (Å²) in [6, 6.07) is 61.2. The molecule has 10 aromatic carbocycles. The Hall–Kier alpha value is -7.78. The van der Waals surface area contributed by atoms with Gasteiger partial charge in [0.25, 0.3) is 0 Å². The largest absolute Gasteiger partial charge is 0.491 e. The van der Waals surface area contributed by atoms with Crippen molar-refractivity contribution >= 4 is 53.9 Å². The topological polar surface area (TPSA) is 95.8 Å². The average molecular weight is 873 g/mol. The highest BCUT2D eigenvalue weighted by Crippen LogP contribution is 2.47. The molecule has 2 N–H and O–H groups in total. The fourth-order valence-corrected chi connectivity index (χ4v) is 8.83. The molecular weight excluding hydrogens is 825 g/mol. The van der Waals surface area contributed by atoms with Crippen molar-refractivity contribution in [2.75, 3.05) is 52.9 Å². The van der Waals surface area contributed by atoms with Crippen molar-refractivity contribution in [3.63, 3.8) is 0 Å². The van der Waals surface area contributed by atoms with Crippen LogP contribution < -0.4 is 28.4 Å². The Morgan fingerprint density at radius 1 is 0.258 bits per heavy atom. The van der Waals surface area contributed by atoms with Crippen LogP contribution in [-0.2, 0) is 0 Å². The van der Waals surface area contributed by atoms with E-state index in [1.165, 1.54) is 0 Å². The second kappa shape index (κ2) is 19.5. The molecule has 8 nitrogen and oxygen atoms in total. The first kappa shape index (κ1) is 42.2. The van der Waals surface area contributed by atoms with Crippen LogP contribution in [0, 0.1) is 0 Å². The van der Waals surface area contributed by atoms with E-state index in [9.17, 15) is 10.2 Å². The molecule has 0 saturated heterocycles. The Labute approximate surface area is 382 Å². The van der Waals surface area contributed by atoms with Crippen LogP contribution in [0.25, 0.3) is 76.1 Å². The Morgan fingerprint density at radius 2 is 0.530 bits per heavy atom. The van der Waals surface area contributed by atoms with Gasteiger partial charge in [0.15, 0.2) is 0 Å². The van der Waals surface area contributed by atoms with Gasteiger partial charge in [-0.2, -0.15) is 0 Å². The zero-order chi connectivity index (χ0) is 44.7. The van der Waals surface area contributed by atoms with Crippen LogP contribution in [0.5, 0.6) is 34.5 Å². The van der Waals surface area contributed by atoms with Crippen LogP contribution >= 0.6 is 0 Å². The Balaban J connectivity index is 0.816. The summed E-state index contributed by atoms with van der Waals surface area (Å²) in [6.07, 6.45) is 0. The van der Waals surface area contributed by atoms with Gasteiger partial charge in [0.1, 0.15) is 74.1 Å². The molecule has 0 aliphatic heterocycles. The van der Waals surface area contributed by atoms with Crippen LogP contribution in [-0.4, -0.2) is 63.1 Å². The number of hydrogen-bond donors (Lipinski definition) is 2. The smallest absolute Gasteiger partial charge is 0.128 e. The third kappa shape index (κ3) is 8.72. The summed E-state index contributed by atoms with van der Waals surface area (Å²) in [5, 5.41) is 29.8. The molecule has 328 valence electrons. The molecular formula is C58H48O8. The molecule has 0 radical (unpaired) electrons. The van der Waals surface area contributed by atoms with Gasteiger partial charge in [0.2, 0.25) is 0 Å². The Bertz CT molecular complexity index is 3100. The molecule has 0 aliphatic carbocycles. The Morgan fingerprint density at radius 3 is 0.848 bits per heavy atom. The van der Waals surface area contributed by atoms with Crippen molar-refractivity contribution in [3.8, 4) is 56.8 Å². The summed E-state index contributed by atoms with van der Waals surface area (Å²) >= 11 is 0. The second-order valence-corrected chi connectivity index (χ2v) is 15.8. The number of rotatable bonds is 18. The van der Waals surface area contributed by atoms with Gasteiger partial charge in [-0.3, -0.25) is 0 Å². The van der Waals surface area contributed by atoms with Crippen LogP contribution in [0.15, 0.2) is 182 Å². The van der Waals surface area contributed by atoms with Gasteiger partial charge in [-0.05, 0) is 102 Å². The van der Waals surface area contributed by atoms with Crippen molar-refractivity contribution in [1.29, 1.82) is 0 Å². The highest BCUT2D eigenvalue weighted by atomic mass is 16.5. The lowest BCUT2D eigenvalue weighted by atomic mass is 9.92. The molecule has 0 fully saturated rings. The van der Waals surface area contributed by atoms with E-state index in [4.69, 9.17) is 28.4 Å². The molecule has 0 unspecified atom stereocenters. The lowest BCUT2D eigenvalue weighted by molar-refractivity contribution is 0.202. The first-order valence-corrected chi connectivity index (χ1v) is 22.3. The SMILES string of the molecule is OCCOc1ccc2ccccc2c1-c1c(OCCOc2ccc3cc(OCCOc4ccc5ccccc5c4-c4c(OCCO)ccc5ccccc45)ccc3c2)ccc2ccccc12. The predicted octanol–water partition coefficient (Wildman–Crippen LogP) is 12.4. The summed E-state index contributed by atoms with van der Waals surface area (Å²) in [5.74, 6) is 4.29. The second-order valence-electron chi connectivity index (χ2n) is 15.8. The van der Waals surface area contributed by atoms with Crippen molar-refractivity contribution in [3.05, 3.63) is 182 Å². The van der Waals surface area contributed by atoms with Crippen molar-refractivity contribution in [2.24, 2.45) is 0 Å². The molecule has 10 rings (SSSR count). The third-order valence-electron chi connectivity index (χ3n) is 11.8. The lowest BCUT2D eigenvalue weighted by Crippen LogP contribution is -2.10. The molecule has 0 saturated carbocycles.